The fourth-order valence-corrected chi connectivity index (χ4v) is 4.29. The van der Waals surface area contributed by atoms with Crippen LogP contribution in [0.4, 0.5) is 0 Å². The molecule has 1 aromatic carbocycles. The van der Waals surface area contributed by atoms with Gasteiger partial charge in [-0.3, -0.25) is 4.90 Å². The van der Waals surface area contributed by atoms with Crippen molar-refractivity contribution < 1.29 is 4.74 Å². The zero-order valence-corrected chi connectivity index (χ0v) is 20.6. The van der Waals surface area contributed by atoms with E-state index < -0.39 is 0 Å². The van der Waals surface area contributed by atoms with Crippen molar-refractivity contribution in [3.63, 3.8) is 0 Å². The van der Waals surface area contributed by atoms with Crippen LogP contribution < -0.4 is 5.32 Å². The Morgan fingerprint density at radius 2 is 1.76 bits per heavy atom. The third-order valence-corrected chi connectivity index (χ3v) is 5.86. The Morgan fingerprint density at radius 3 is 2.41 bits per heavy atom. The lowest BCUT2D eigenvalue weighted by atomic mass is 10.1. The van der Waals surface area contributed by atoms with E-state index in [9.17, 15) is 0 Å². The number of hydrogen-bond acceptors (Lipinski definition) is 3. The van der Waals surface area contributed by atoms with Gasteiger partial charge in [-0.25, -0.2) is 4.99 Å². The minimum atomic E-state index is 0. The molecule has 2 fully saturated rings. The monoisotopic (exact) mass is 514 g/mol. The summed E-state index contributed by atoms with van der Waals surface area (Å²) in [4.78, 5) is 9.88. The highest BCUT2D eigenvalue weighted by Gasteiger charge is 2.24. The van der Waals surface area contributed by atoms with Crippen molar-refractivity contribution in [1.29, 1.82) is 0 Å². The molecule has 0 aromatic heterocycles. The lowest BCUT2D eigenvalue weighted by molar-refractivity contribution is 0.157. The SMILES string of the molecule is CCNC(=NCc1ccc(CN2CCCCCC2)cc1)N1CCC(COC)C1.I. The van der Waals surface area contributed by atoms with Crippen LogP contribution in [0.25, 0.3) is 0 Å². The zero-order valence-electron chi connectivity index (χ0n) is 18.2. The van der Waals surface area contributed by atoms with Crippen LogP contribution in [0.3, 0.4) is 0 Å². The molecule has 2 heterocycles. The summed E-state index contributed by atoms with van der Waals surface area (Å²) in [7, 11) is 1.79. The highest BCUT2D eigenvalue weighted by molar-refractivity contribution is 14.0. The van der Waals surface area contributed by atoms with Gasteiger partial charge in [-0.05, 0) is 50.4 Å². The molecule has 29 heavy (non-hydrogen) atoms. The molecule has 2 saturated heterocycles. The third kappa shape index (κ3) is 8.06. The predicted molar refractivity (Wildman–Crippen MR) is 132 cm³/mol. The van der Waals surface area contributed by atoms with E-state index >= 15 is 0 Å². The van der Waals surface area contributed by atoms with E-state index in [1.807, 2.05) is 0 Å². The number of methoxy groups -OCH3 is 1. The van der Waals surface area contributed by atoms with Crippen LogP contribution in [-0.4, -0.2) is 62.2 Å². The van der Waals surface area contributed by atoms with Crippen LogP contribution >= 0.6 is 24.0 Å². The number of likely N-dealkylation sites (tertiary alicyclic amines) is 2. The second-order valence-electron chi connectivity index (χ2n) is 8.23. The van der Waals surface area contributed by atoms with Gasteiger partial charge >= 0.3 is 0 Å². The normalized spacial score (nSPS) is 21.0. The maximum atomic E-state index is 5.33. The molecule has 5 nitrogen and oxygen atoms in total. The maximum Gasteiger partial charge on any atom is 0.194 e. The van der Waals surface area contributed by atoms with E-state index in [-0.39, 0.29) is 24.0 Å². The number of aliphatic imine (C=N–C) groups is 1. The molecule has 0 spiro atoms. The van der Waals surface area contributed by atoms with Crippen molar-refractivity contribution >= 4 is 29.9 Å². The molecular formula is C23H39IN4O. The molecule has 0 bridgehead atoms. The molecule has 164 valence electrons. The van der Waals surface area contributed by atoms with Crippen molar-refractivity contribution in [2.75, 3.05) is 46.4 Å². The molecule has 0 saturated carbocycles. The summed E-state index contributed by atoms with van der Waals surface area (Å²) in [6.07, 6.45) is 6.67. The summed E-state index contributed by atoms with van der Waals surface area (Å²) >= 11 is 0. The molecule has 1 aromatic rings. The van der Waals surface area contributed by atoms with Gasteiger partial charge in [0.2, 0.25) is 0 Å². The molecule has 1 atom stereocenters. The van der Waals surface area contributed by atoms with Gasteiger partial charge in [0, 0.05) is 39.2 Å². The van der Waals surface area contributed by atoms with E-state index in [0.717, 1.165) is 45.3 Å². The molecule has 2 aliphatic rings. The lowest BCUT2D eigenvalue weighted by Gasteiger charge is -2.22. The lowest BCUT2D eigenvalue weighted by Crippen LogP contribution is -2.40. The zero-order chi connectivity index (χ0) is 19.6. The van der Waals surface area contributed by atoms with Crippen molar-refractivity contribution in [2.24, 2.45) is 10.9 Å². The minimum absolute atomic E-state index is 0. The van der Waals surface area contributed by atoms with Crippen LogP contribution in [0.15, 0.2) is 29.3 Å². The molecule has 1 unspecified atom stereocenters. The summed E-state index contributed by atoms with van der Waals surface area (Å²) in [5.41, 5.74) is 2.70. The van der Waals surface area contributed by atoms with Crippen LogP contribution in [0.2, 0.25) is 0 Å². The average molecular weight is 514 g/mol. The molecule has 3 rings (SSSR count). The van der Waals surface area contributed by atoms with E-state index in [1.165, 1.54) is 56.3 Å². The Kier molecular flexibility index (Phi) is 11.3. The highest BCUT2D eigenvalue weighted by atomic mass is 127. The number of hydrogen-bond donors (Lipinski definition) is 1. The van der Waals surface area contributed by atoms with Crippen LogP contribution in [0.5, 0.6) is 0 Å². The van der Waals surface area contributed by atoms with E-state index in [2.05, 4.69) is 46.3 Å². The van der Waals surface area contributed by atoms with Gasteiger partial charge in [0.15, 0.2) is 5.96 Å². The first-order chi connectivity index (χ1) is 13.8. The first kappa shape index (κ1) is 24.4. The third-order valence-electron chi connectivity index (χ3n) is 5.86. The van der Waals surface area contributed by atoms with Crippen molar-refractivity contribution in [3.05, 3.63) is 35.4 Å². The highest BCUT2D eigenvalue weighted by Crippen LogP contribution is 2.17. The van der Waals surface area contributed by atoms with Crippen LogP contribution in [0, 0.1) is 5.92 Å². The van der Waals surface area contributed by atoms with Gasteiger partial charge in [0.25, 0.3) is 0 Å². The van der Waals surface area contributed by atoms with Gasteiger partial charge in [-0.1, -0.05) is 37.1 Å². The quantitative estimate of drug-likeness (QED) is 0.338. The Hall–Kier alpha value is -0.860. The molecule has 1 N–H and O–H groups in total. The predicted octanol–water partition coefficient (Wildman–Crippen LogP) is 4.11. The summed E-state index contributed by atoms with van der Waals surface area (Å²) < 4.78 is 5.33. The molecule has 6 heteroatoms. The first-order valence-electron chi connectivity index (χ1n) is 11.1. The first-order valence-corrected chi connectivity index (χ1v) is 11.1. The largest absolute Gasteiger partial charge is 0.384 e. The standard InChI is InChI=1S/C23H38N4O.HI/c1-3-24-23(27-15-12-22(18-27)19-28-2)25-16-20-8-10-21(11-9-20)17-26-13-6-4-5-7-14-26;/h8-11,22H,3-7,12-19H2,1-2H3,(H,24,25);1H. The second kappa shape index (κ2) is 13.4. The number of ether oxygens (including phenoxy) is 1. The fourth-order valence-electron chi connectivity index (χ4n) is 4.29. The Balaban J connectivity index is 0.00000300. The van der Waals surface area contributed by atoms with E-state index in [4.69, 9.17) is 9.73 Å². The average Bonchev–Trinajstić information content (AvgIpc) is 3.02. The smallest absolute Gasteiger partial charge is 0.194 e. The van der Waals surface area contributed by atoms with Crippen LogP contribution in [0.1, 0.15) is 50.2 Å². The topological polar surface area (TPSA) is 40.1 Å². The van der Waals surface area contributed by atoms with Gasteiger partial charge in [0.1, 0.15) is 0 Å². The van der Waals surface area contributed by atoms with Crippen molar-refractivity contribution in [2.45, 2.75) is 52.1 Å². The van der Waals surface area contributed by atoms with E-state index in [1.54, 1.807) is 7.11 Å². The Labute approximate surface area is 194 Å². The van der Waals surface area contributed by atoms with Gasteiger partial charge < -0.3 is 15.0 Å². The van der Waals surface area contributed by atoms with Gasteiger partial charge in [-0.2, -0.15) is 0 Å². The second-order valence-corrected chi connectivity index (χ2v) is 8.23. The van der Waals surface area contributed by atoms with Gasteiger partial charge in [-0.15, -0.1) is 24.0 Å². The Morgan fingerprint density at radius 1 is 1.07 bits per heavy atom. The van der Waals surface area contributed by atoms with Crippen molar-refractivity contribution in [3.8, 4) is 0 Å². The van der Waals surface area contributed by atoms with E-state index in [0.29, 0.717) is 5.92 Å². The van der Waals surface area contributed by atoms with Crippen molar-refractivity contribution in [1.82, 2.24) is 15.1 Å². The molecular weight excluding hydrogens is 475 g/mol. The number of rotatable bonds is 7. The number of nitrogens with zero attached hydrogens (tertiary/aromatic N) is 3. The summed E-state index contributed by atoms with van der Waals surface area (Å²) in [5.74, 6) is 1.65. The minimum Gasteiger partial charge on any atom is -0.384 e. The summed E-state index contributed by atoms with van der Waals surface area (Å²) in [5, 5.41) is 3.46. The molecule has 0 aliphatic carbocycles. The fraction of sp³-hybridized carbons (Fsp3) is 0.696. The van der Waals surface area contributed by atoms with Crippen LogP contribution in [-0.2, 0) is 17.8 Å². The molecule has 0 amide bonds. The summed E-state index contributed by atoms with van der Waals surface area (Å²) in [6.45, 7) is 10.3. The molecule has 2 aliphatic heterocycles. The Bertz CT molecular complexity index is 599. The number of guanidine groups is 1. The number of nitrogens with one attached hydrogen (secondary N) is 1. The van der Waals surface area contributed by atoms with Gasteiger partial charge in [0.05, 0.1) is 13.2 Å². The number of benzene rings is 1. The summed E-state index contributed by atoms with van der Waals surface area (Å²) in [6, 6.07) is 9.07. The number of halogens is 1. The maximum absolute atomic E-state index is 5.33. The molecule has 0 radical (unpaired) electrons.